The Hall–Kier alpha value is -3.35. The lowest BCUT2D eigenvalue weighted by Gasteiger charge is -2.54. The Balaban J connectivity index is 1.41. The first-order valence-corrected chi connectivity index (χ1v) is 10.6. The van der Waals surface area contributed by atoms with E-state index in [-0.39, 0.29) is 23.3 Å². The number of nitrogens with zero attached hydrogens (tertiary/aromatic N) is 5. The van der Waals surface area contributed by atoms with Crippen molar-refractivity contribution in [1.29, 1.82) is 0 Å². The number of amides is 1. The molecule has 6 nitrogen and oxygen atoms in total. The standard InChI is InChI=1S/C24H24FN5O/c1-15-11-16(2)28-21(12-15)30-13-17-7-10-29(14-20(17)30)24(31)18-5-3-6-19(25)22(18)23-26-8-4-9-27-23/h3-6,8-9,11-12,17,20H,7,10,13-14H2,1-2H3/t17-,20-/m0/s1. The summed E-state index contributed by atoms with van der Waals surface area (Å²) in [6, 6.07) is 10.6. The van der Waals surface area contributed by atoms with Crippen LogP contribution in [0.4, 0.5) is 10.2 Å². The van der Waals surface area contributed by atoms with Crippen molar-refractivity contribution < 1.29 is 9.18 Å². The van der Waals surface area contributed by atoms with E-state index in [1.165, 1.54) is 11.6 Å². The van der Waals surface area contributed by atoms with Crippen LogP contribution in [0.2, 0.25) is 0 Å². The maximum Gasteiger partial charge on any atom is 0.254 e. The van der Waals surface area contributed by atoms with Gasteiger partial charge in [0.25, 0.3) is 5.91 Å². The Labute approximate surface area is 180 Å². The first-order chi connectivity index (χ1) is 15.0. The smallest absolute Gasteiger partial charge is 0.254 e. The first-order valence-electron chi connectivity index (χ1n) is 10.6. The summed E-state index contributed by atoms with van der Waals surface area (Å²) in [4.78, 5) is 30.6. The molecule has 4 heterocycles. The van der Waals surface area contributed by atoms with Gasteiger partial charge in [-0.05, 0) is 56.2 Å². The summed E-state index contributed by atoms with van der Waals surface area (Å²) >= 11 is 0. The van der Waals surface area contributed by atoms with E-state index in [2.05, 4.69) is 33.9 Å². The van der Waals surface area contributed by atoms with Gasteiger partial charge in [-0.15, -0.1) is 0 Å². The zero-order valence-electron chi connectivity index (χ0n) is 17.6. The van der Waals surface area contributed by atoms with Crippen LogP contribution >= 0.6 is 0 Å². The van der Waals surface area contributed by atoms with E-state index in [4.69, 9.17) is 4.98 Å². The molecule has 0 unspecified atom stereocenters. The molecule has 1 aromatic carbocycles. The second-order valence-corrected chi connectivity index (χ2v) is 8.40. The van der Waals surface area contributed by atoms with Gasteiger partial charge in [0, 0.05) is 43.6 Å². The lowest BCUT2D eigenvalue weighted by molar-refractivity contribution is 0.0591. The number of carbonyl (C=O) groups excluding carboxylic acids is 1. The fraction of sp³-hybridized carbons (Fsp3) is 0.333. The molecule has 2 fully saturated rings. The van der Waals surface area contributed by atoms with Gasteiger partial charge in [-0.25, -0.2) is 19.3 Å². The van der Waals surface area contributed by atoms with Crippen molar-refractivity contribution in [1.82, 2.24) is 19.9 Å². The summed E-state index contributed by atoms with van der Waals surface area (Å²) in [6.45, 7) is 6.31. The number of carbonyl (C=O) groups is 1. The lowest BCUT2D eigenvalue weighted by atomic mass is 9.82. The molecule has 2 aliphatic rings. The molecule has 2 atom stereocenters. The highest BCUT2D eigenvalue weighted by Crippen LogP contribution is 2.37. The number of aryl methyl sites for hydroxylation is 2. The van der Waals surface area contributed by atoms with Crippen molar-refractivity contribution in [3.63, 3.8) is 0 Å². The third kappa shape index (κ3) is 3.54. The molecule has 5 rings (SSSR count). The molecule has 0 bridgehead atoms. The van der Waals surface area contributed by atoms with Crippen molar-refractivity contribution >= 4 is 11.7 Å². The summed E-state index contributed by atoms with van der Waals surface area (Å²) in [5.74, 6) is 1.08. The summed E-state index contributed by atoms with van der Waals surface area (Å²) in [5.41, 5.74) is 2.65. The number of hydrogen-bond donors (Lipinski definition) is 0. The highest BCUT2D eigenvalue weighted by atomic mass is 19.1. The van der Waals surface area contributed by atoms with Crippen LogP contribution in [0.3, 0.4) is 0 Å². The van der Waals surface area contributed by atoms with Crippen LogP contribution in [0.5, 0.6) is 0 Å². The van der Waals surface area contributed by atoms with E-state index in [1.54, 1.807) is 30.6 Å². The molecular weight excluding hydrogens is 393 g/mol. The molecule has 0 saturated carbocycles. The molecule has 2 saturated heterocycles. The Morgan fingerprint density at radius 2 is 1.90 bits per heavy atom. The average molecular weight is 417 g/mol. The van der Waals surface area contributed by atoms with Crippen molar-refractivity contribution in [3.05, 3.63) is 71.4 Å². The maximum atomic E-state index is 14.7. The molecule has 1 amide bonds. The zero-order valence-corrected chi connectivity index (χ0v) is 17.6. The van der Waals surface area contributed by atoms with Gasteiger partial charge < -0.3 is 9.80 Å². The molecule has 0 aliphatic carbocycles. The van der Waals surface area contributed by atoms with E-state index < -0.39 is 5.82 Å². The fourth-order valence-electron chi connectivity index (χ4n) is 4.74. The van der Waals surface area contributed by atoms with E-state index in [0.717, 1.165) is 24.5 Å². The van der Waals surface area contributed by atoms with Crippen LogP contribution in [-0.4, -0.2) is 51.4 Å². The summed E-state index contributed by atoms with van der Waals surface area (Å²) < 4.78 is 14.7. The van der Waals surface area contributed by atoms with Gasteiger partial charge in [0.05, 0.1) is 17.2 Å². The third-order valence-corrected chi connectivity index (χ3v) is 6.25. The second-order valence-electron chi connectivity index (χ2n) is 8.40. The average Bonchev–Trinajstić information content (AvgIpc) is 2.74. The van der Waals surface area contributed by atoms with E-state index in [9.17, 15) is 9.18 Å². The van der Waals surface area contributed by atoms with Crippen molar-refractivity contribution in [2.45, 2.75) is 26.3 Å². The van der Waals surface area contributed by atoms with Crippen molar-refractivity contribution in [2.24, 2.45) is 5.92 Å². The zero-order chi connectivity index (χ0) is 21.5. The number of halogens is 1. The Morgan fingerprint density at radius 3 is 2.68 bits per heavy atom. The molecule has 2 aromatic heterocycles. The minimum Gasteiger partial charge on any atom is -0.351 e. The van der Waals surface area contributed by atoms with Crippen molar-refractivity contribution in [3.8, 4) is 11.4 Å². The molecule has 31 heavy (non-hydrogen) atoms. The largest absolute Gasteiger partial charge is 0.351 e. The number of likely N-dealkylation sites (tertiary alicyclic amines) is 1. The predicted molar refractivity (Wildman–Crippen MR) is 116 cm³/mol. The molecule has 0 N–H and O–H groups in total. The molecule has 158 valence electrons. The van der Waals surface area contributed by atoms with Gasteiger partial charge in [0.15, 0.2) is 5.82 Å². The minimum absolute atomic E-state index is 0.164. The summed E-state index contributed by atoms with van der Waals surface area (Å²) in [7, 11) is 0. The number of hydrogen-bond acceptors (Lipinski definition) is 5. The third-order valence-electron chi connectivity index (χ3n) is 6.25. The monoisotopic (exact) mass is 417 g/mol. The van der Waals surface area contributed by atoms with E-state index in [1.807, 2.05) is 11.8 Å². The molecular formula is C24H24FN5O. The van der Waals surface area contributed by atoms with Gasteiger partial charge in [-0.2, -0.15) is 0 Å². The van der Waals surface area contributed by atoms with E-state index >= 15 is 0 Å². The highest BCUT2D eigenvalue weighted by molar-refractivity contribution is 6.00. The Bertz CT molecular complexity index is 1120. The van der Waals surface area contributed by atoms with Gasteiger partial charge in [0.2, 0.25) is 0 Å². The number of piperidine rings is 1. The van der Waals surface area contributed by atoms with Crippen LogP contribution in [0.25, 0.3) is 11.4 Å². The SMILES string of the molecule is Cc1cc(C)nc(N2C[C@@H]3CCN(C(=O)c4cccc(F)c4-c4ncccn4)C[C@@H]32)c1. The minimum atomic E-state index is -0.489. The quantitative estimate of drug-likeness (QED) is 0.651. The van der Waals surface area contributed by atoms with Crippen LogP contribution in [-0.2, 0) is 0 Å². The molecule has 0 radical (unpaired) electrons. The first kappa shape index (κ1) is 19.6. The highest BCUT2D eigenvalue weighted by Gasteiger charge is 2.44. The molecule has 2 aliphatic heterocycles. The molecule has 0 spiro atoms. The van der Waals surface area contributed by atoms with Crippen LogP contribution in [0, 0.1) is 25.6 Å². The number of benzene rings is 1. The van der Waals surface area contributed by atoms with Crippen molar-refractivity contribution in [2.75, 3.05) is 24.5 Å². The second kappa shape index (κ2) is 7.72. The van der Waals surface area contributed by atoms with Gasteiger partial charge in [-0.3, -0.25) is 4.79 Å². The van der Waals surface area contributed by atoms with Gasteiger partial charge in [0.1, 0.15) is 11.6 Å². The van der Waals surface area contributed by atoms with Crippen LogP contribution in [0.1, 0.15) is 28.0 Å². The van der Waals surface area contributed by atoms with Gasteiger partial charge >= 0.3 is 0 Å². The van der Waals surface area contributed by atoms with Gasteiger partial charge in [-0.1, -0.05) is 6.07 Å². The summed E-state index contributed by atoms with van der Waals surface area (Å²) in [6.07, 6.45) is 4.04. The normalized spacial score (nSPS) is 20.2. The van der Waals surface area contributed by atoms with Crippen LogP contribution in [0.15, 0.2) is 48.8 Å². The van der Waals surface area contributed by atoms with Crippen LogP contribution < -0.4 is 4.90 Å². The fourth-order valence-corrected chi connectivity index (χ4v) is 4.74. The predicted octanol–water partition coefficient (Wildman–Crippen LogP) is 3.65. The number of anilines is 1. The lowest BCUT2D eigenvalue weighted by Crippen LogP contribution is -2.65. The number of aromatic nitrogens is 3. The van der Waals surface area contributed by atoms with E-state index in [0.29, 0.717) is 24.6 Å². The number of pyridine rings is 1. The Kier molecular flexibility index (Phi) is 4.88. The Morgan fingerprint density at radius 1 is 1.10 bits per heavy atom. The number of fused-ring (bicyclic) bond motifs is 1. The number of rotatable bonds is 3. The topological polar surface area (TPSA) is 62.2 Å². The molecule has 3 aromatic rings. The summed E-state index contributed by atoms with van der Waals surface area (Å²) in [5, 5.41) is 0. The molecule has 7 heteroatoms. The maximum absolute atomic E-state index is 14.7.